The van der Waals surface area contributed by atoms with Crippen molar-refractivity contribution in [2.24, 2.45) is 5.92 Å². The number of likely N-dealkylation sites (N-methyl/N-ethyl adjacent to an activating group) is 1. The SMILES string of the molecule is CC(C)Cn1ncc(NCC2(N(C)C)CCC2)c(Br)c1=O. The van der Waals surface area contributed by atoms with E-state index in [1.165, 1.54) is 23.9 Å². The van der Waals surface area contributed by atoms with E-state index in [4.69, 9.17) is 0 Å². The van der Waals surface area contributed by atoms with E-state index in [9.17, 15) is 4.79 Å². The van der Waals surface area contributed by atoms with E-state index in [1.807, 2.05) is 0 Å². The van der Waals surface area contributed by atoms with Crippen LogP contribution in [-0.2, 0) is 6.54 Å². The molecule has 1 aromatic heterocycles. The van der Waals surface area contributed by atoms with Crippen molar-refractivity contribution >= 4 is 21.6 Å². The van der Waals surface area contributed by atoms with Crippen LogP contribution in [0, 0.1) is 5.92 Å². The lowest BCUT2D eigenvalue weighted by atomic mass is 9.75. The van der Waals surface area contributed by atoms with Crippen molar-refractivity contribution in [1.29, 1.82) is 0 Å². The number of halogens is 1. The van der Waals surface area contributed by atoms with Gasteiger partial charge in [-0.2, -0.15) is 5.10 Å². The van der Waals surface area contributed by atoms with Crippen LogP contribution in [0.25, 0.3) is 0 Å². The smallest absolute Gasteiger partial charge is 0.283 e. The summed E-state index contributed by atoms with van der Waals surface area (Å²) < 4.78 is 2.09. The van der Waals surface area contributed by atoms with Gasteiger partial charge in [-0.25, -0.2) is 4.68 Å². The molecule has 0 unspecified atom stereocenters. The zero-order chi connectivity index (χ0) is 15.6. The van der Waals surface area contributed by atoms with Gasteiger partial charge in [-0.1, -0.05) is 13.8 Å². The fourth-order valence-electron chi connectivity index (χ4n) is 2.69. The predicted octanol–water partition coefficient (Wildman–Crippen LogP) is 2.56. The van der Waals surface area contributed by atoms with Crippen LogP contribution in [0.1, 0.15) is 33.1 Å². The Labute approximate surface area is 134 Å². The molecule has 0 aromatic carbocycles. The first kappa shape index (κ1) is 16.5. The molecule has 1 aliphatic carbocycles. The number of aromatic nitrogens is 2. The molecule has 1 aliphatic rings. The van der Waals surface area contributed by atoms with Crippen molar-refractivity contribution < 1.29 is 0 Å². The van der Waals surface area contributed by atoms with Gasteiger partial charge in [-0.05, 0) is 55.2 Å². The quantitative estimate of drug-likeness (QED) is 0.850. The molecule has 21 heavy (non-hydrogen) atoms. The lowest BCUT2D eigenvalue weighted by molar-refractivity contribution is 0.0739. The molecule has 1 aromatic rings. The number of anilines is 1. The van der Waals surface area contributed by atoms with Crippen molar-refractivity contribution in [3.8, 4) is 0 Å². The summed E-state index contributed by atoms with van der Waals surface area (Å²) in [6, 6.07) is 0. The van der Waals surface area contributed by atoms with E-state index in [0.29, 0.717) is 16.9 Å². The van der Waals surface area contributed by atoms with Crippen LogP contribution in [0.2, 0.25) is 0 Å². The zero-order valence-electron chi connectivity index (χ0n) is 13.3. The first-order valence-electron chi connectivity index (χ1n) is 7.53. The van der Waals surface area contributed by atoms with Crippen LogP contribution in [0.15, 0.2) is 15.5 Å². The van der Waals surface area contributed by atoms with Gasteiger partial charge in [0.05, 0.1) is 11.9 Å². The minimum atomic E-state index is -0.0683. The van der Waals surface area contributed by atoms with Gasteiger partial charge in [0.25, 0.3) is 5.56 Å². The second kappa shape index (κ2) is 6.48. The van der Waals surface area contributed by atoms with Crippen molar-refractivity contribution in [1.82, 2.24) is 14.7 Å². The molecule has 5 nitrogen and oxygen atoms in total. The second-order valence-corrected chi connectivity index (χ2v) is 7.37. The van der Waals surface area contributed by atoms with Gasteiger partial charge in [0.1, 0.15) is 4.47 Å². The summed E-state index contributed by atoms with van der Waals surface area (Å²) in [6.07, 6.45) is 5.41. The van der Waals surface area contributed by atoms with E-state index in [-0.39, 0.29) is 11.1 Å². The van der Waals surface area contributed by atoms with E-state index < -0.39 is 0 Å². The van der Waals surface area contributed by atoms with Gasteiger partial charge in [0.2, 0.25) is 0 Å². The predicted molar refractivity (Wildman–Crippen MR) is 89.8 cm³/mol. The Morgan fingerprint density at radius 3 is 2.62 bits per heavy atom. The Hall–Kier alpha value is -0.880. The topological polar surface area (TPSA) is 50.2 Å². The summed E-state index contributed by atoms with van der Waals surface area (Å²) in [5.74, 6) is 0.396. The minimum absolute atomic E-state index is 0.0683. The van der Waals surface area contributed by atoms with Crippen molar-refractivity contribution in [3.63, 3.8) is 0 Å². The average molecular weight is 357 g/mol. The standard InChI is InChI=1S/C15H25BrN4O/c1-11(2)9-20-14(21)13(16)12(8-18-20)17-10-15(19(3)4)6-5-7-15/h8,11,17H,5-7,9-10H2,1-4H3. The number of nitrogens with zero attached hydrogens (tertiary/aromatic N) is 3. The summed E-state index contributed by atoms with van der Waals surface area (Å²) in [5, 5.41) is 7.66. The first-order valence-corrected chi connectivity index (χ1v) is 8.32. The van der Waals surface area contributed by atoms with Crippen LogP contribution in [0.4, 0.5) is 5.69 Å². The molecular formula is C15H25BrN4O. The summed E-state index contributed by atoms with van der Waals surface area (Å²) >= 11 is 3.42. The van der Waals surface area contributed by atoms with E-state index in [1.54, 1.807) is 6.20 Å². The fourth-order valence-corrected chi connectivity index (χ4v) is 3.14. The van der Waals surface area contributed by atoms with E-state index >= 15 is 0 Å². The second-order valence-electron chi connectivity index (χ2n) is 6.58. The monoisotopic (exact) mass is 356 g/mol. The maximum atomic E-state index is 12.3. The number of hydrogen-bond acceptors (Lipinski definition) is 4. The maximum absolute atomic E-state index is 12.3. The molecule has 0 saturated heterocycles. The molecule has 0 spiro atoms. The minimum Gasteiger partial charge on any atom is -0.381 e. The number of hydrogen-bond donors (Lipinski definition) is 1. The van der Waals surface area contributed by atoms with Crippen molar-refractivity contribution in [2.75, 3.05) is 26.0 Å². The molecule has 0 amide bonds. The summed E-state index contributed by atoms with van der Waals surface area (Å²) in [6.45, 7) is 5.63. The van der Waals surface area contributed by atoms with E-state index in [0.717, 1.165) is 12.2 Å². The molecular weight excluding hydrogens is 332 g/mol. The van der Waals surface area contributed by atoms with Crippen LogP contribution in [0.3, 0.4) is 0 Å². The Bertz CT molecular complexity index is 549. The van der Waals surface area contributed by atoms with Crippen LogP contribution in [0.5, 0.6) is 0 Å². The van der Waals surface area contributed by atoms with Gasteiger partial charge < -0.3 is 10.2 Å². The highest BCUT2D eigenvalue weighted by Crippen LogP contribution is 2.36. The van der Waals surface area contributed by atoms with Gasteiger partial charge in [-0.15, -0.1) is 0 Å². The highest BCUT2D eigenvalue weighted by Gasteiger charge is 2.38. The summed E-state index contributed by atoms with van der Waals surface area (Å²) in [4.78, 5) is 14.6. The molecule has 1 heterocycles. The first-order chi connectivity index (χ1) is 9.85. The molecule has 1 N–H and O–H groups in total. The van der Waals surface area contributed by atoms with Gasteiger partial charge in [-0.3, -0.25) is 4.79 Å². The molecule has 1 saturated carbocycles. The highest BCUT2D eigenvalue weighted by molar-refractivity contribution is 9.10. The average Bonchev–Trinajstić information content (AvgIpc) is 2.35. The molecule has 1 fully saturated rings. The Morgan fingerprint density at radius 2 is 2.14 bits per heavy atom. The molecule has 6 heteroatoms. The fraction of sp³-hybridized carbons (Fsp3) is 0.733. The largest absolute Gasteiger partial charge is 0.381 e. The molecule has 118 valence electrons. The van der Waals surface area contributed by atoms with E-state index in [2.05, 4.69) is 59.2 Å². The van der Waals surface area contributed by atoms with Gasteiger partial charge >= 0.3 is 0 Å². The van der Waals surface area contributed by atoms with Crippen LogP contribution < -0.4 is 10.9 Å². The van der Waals surface area contributed by atoms with Gasteiger partial charge in [0, 0.05) is 18.6 Å². The Kier molecular flexibility index (Phi) is 5.09. The lowest BCUT2D eigenvalue weighted by Crippen LogP contribution is -2.54. The molecule has 0 atom stereocenters. The Balaban J connectivity index is 2.11. The van der Waals surface area contributed by atoms with Crippen molar-refractivity contribution in [3.05, 3.63) is 21.0 Å². The molecule has 0 radical (unpaired) electrons. The summed E-state index contributed by atoms with van der Waals surface area (Å²) in [7, 11) is 4.24. The lowest BCUT2D eigenvalue weighted by Gasteiger charge is -2.47. The molecule has 0 bridgehead atoms. The molecule has 0 aliphatic heterocycles. The zero-order valence-corrected chi connectivity index (χ0v) is 14.9. The summed E-state index contributed by atoms with van der Waals surface area (Å²) in [5.41, 5.74) is 0.932. The third kappa shape index (κ3) is 3.48. The molecule has 2 rings (SSSR count). The van der Waals surface area contributed by atoms with Gasteiger partial charge in [0.15, 0.2) is 0 Å². The van der Waals surface area contributed by atoms with Crippen LogP contribution in [-0.4, -0.2) is 40.9 Å². The Morgan fingerprint density at radius 1 is 1.48 bits per heavy atom. The van der Waals surface area contributed by atoms with Crippen molar-refractivity contribution in [2.45, 2.75) is 45.2 Å². The highest BCUT2D eigenvalue weighted by atomic mass is 79.9. The number of rotatable bonds is 6. The normalized spacial score (nSPS) is 17.1. The third-order valence-corrected chi connectivity index (χ3v) is 5.13. The third-order valence-electron chi connectivity index (χ3n) is 4.36. The number of nitrogens with one attached hydrogen (secondary N) is 1. The maximum Gasteiger partial charge on any atom is 0.283 e. The van der Waals surface area contributed by atoms with Crippen LogP contribution >= 0.6 is 15.9 Å².